The fourth-order valence-electron chi connectivity index (χ4n) is 4.41. The number of fused-ring (bicyclic) bond motifs is 1. The summed E-state index contributed by atoms with van der Waals surface area (Å²) in [7, 11) is 3.59. The van der Waals surface area contributed by atoms with Gasteiger partial charge in [0.2, 0.25) is 5.91 Å². The maximum absolute atomic E-state index is 13.6. The fraction of sp³-hybridized carbons (Fsp3) is 0.290. The zero-order valence-corrected chi connectivity index (χ0v) is 22.1. The molecular weight excluding hydrogens is 446 g/mol. The van der Waals surface area contributed by atoms with Gasteiger partial charge in [0.15, 0.2) is 0 Å². The van der Waals surface area contributed by atoms with Gasteiger partial charge in [0.1, 0.15) is 11.6 Å². The zero-order chi connectivity index (χ0) is 25.9. The highest BCUT2D eigenvalue weighted by molar-refractivity contribution is 6.02. The Morgan fingerprint density at radius 3 is 2.33 bits per heavy atom. The summed E-state index contributed by atoms with van der Waals surface area (Å²) in [5, 5.41) is 5.19. The van der Waals surface area contributed by atoms with Crippen LogP contribution in [0.4, 0.5) is 11.5 Å². The van der Waals surface area contributed by atoms with Gasteiger partial charge in [-0.1, -0.05) is 51.1 Å². The van der Waals surface area contributed by atoms with Crippen LogP contribution in [0.5, 0.6) is 5.75 Å². The van der Waals surface area contributed by atoms with Crippen molar-refractivity contribution in [1.82, 2.24) is 4.98 Å². The number of nitrogens with one attached hydrogen (secondary N) is 1. The number of rotatable bonds is 7. The van der Waals surface area contributed by atoms with Crippen molar-refractivity contribution in [3.05, 3.63) is 84.1 Å². The number of ether oxygens (including phenoxy) is 1. The minimum Gasteiger partial charge on any atom is -0.496 e. The van der Waals surface area contributed by atoms with Crippen LogP contribution >= 0.6 is 0 Å². The standard InChI is InChI=1S/C31H35N3O2/c1-21-17-24(11-14-28(21)36-6)23-9-7-22(8-10-23)20-34(29(35)19-31(2,3)4)30-27-13-12-26(32-5)18-25(27)15-16-33-30/h7-18,32H,19-20H2,1-6H3. The Morgan fingerprint density at radius 2 is 1.69 bits per heavy atom. The van der Waals surface area contributed by atoms with E-state index >= 15 is 0 Å². The first-order valence-corrected chi connectivity index (χ1v) is 12.3. The molecule has 186 valence electrons. The van der Waals surface area contributed by atoms with Crippen molar-refractivity contribution in [1.29, 1.82) is 0 Å². The molecule has 1 N–H and O–H groups in total. The summed E-state index contributed by atoms with van der Waals surface area (Å²) < 4.78 is 5.39. The molecule has 0 radical (unpaired) electrons. The van der Waals surface area contributed by atoms with Gasteiger partial charge in [-0.25, -0.2) is 4.98 Å². The van der Waals surface area contributed by atoms with Crippen LogP contribution in [0, 0.1) is 12.3 Å². The fourth-order valence-corrected chi connectivity index (χ4v) is 4.41. The number of carbonyl (C=O) groups is 1. The van der Waals surface area contributed by atoms with Gasteiger partial charge in [0.25, 0.3) is 0 Å². The lowest BCUT2D eigenvalue weighted by atomic mass is 9.91. The molecule has 0 saturated carbocycles. The summed E-state index contributed by atoms with van der Waals surface area (Å²) in [5.74, 6) is 1.64. The summed E-state index contributed by atoms with van der Waals surface area (Å²) in [6.07, 6.45) is 2.21. The molecule has 3 aromatic carbocycles. The first-order valence-electron chi connectivity index (χ1n) is 12.3. The molecule has 36 heavy (non-hydrogen) atoms. The Morgan fingerprint density at radius 1 is 0.972 bits per heavy atom. The molecule has 0 aliphatic rings. The molecule has 5 heteroatoms. The highest BCUT2D eigenvalue weighted by atomic mass is 16.5. The summed E-state index contributed by atoms with van der Waals surface area (Å²) in [5.41, 5.74) is 5.31. The van der Waals surface area contributed by atoms with E-state index in [4.69, 9.17) is 4.74 Å². The number of anilines is 2. The average Bonchev–Trinajstić information content (AvgIpc) is 2.86. The van der Waals surface area contributed by atoms with Gasteiger partial charge in [0.05, 0.1) is 13.7 Å². The topological polar surface area (TPSA) is 54.5 Å². The summed E-state index contributed by atoms with van der Waals surface area (Å²) >= 11 is 0. The largest absolute Gasteiger partial charge is 0.496 e. The van der Waals surface area contributed by atoms with Crippen LogP contribution < -0.4 is 15.0 Å². The first kappa shape index (κ1) is 25.2. The van der Waals surface area contributed by atoms with Crippen molar-refractivity contribution in [2.75, 3.05) is 24.4 Å². The molecule has 5 nitrogen and oxygen atoms in total. The third-order valence-electron chi connectivity index (χ3n) is 6.29. The third-order valence-corrected chi connectivity index (χ3v) is 6.29. The van der Waals surface area contributed by atoms with Crippen LogP contribution in [-0.4, -0.2) is 25.0 Å². The van der Waals surface area contributed by atoms with Crippen LogP contribution in [0.1, 0.15) is 38.3 Å². The predicted octanol–water partition coefficient (Wildman–Crippen LogP) is 7.23. The van der Waals surface area contributed by atoms with Gasteiger partial charge < -0.3 is 10.1 Å². The minimum absolute atomic E-state index is 0.0649. The molecule has 1 aromatic heterocycles. The molecule has 0 unspecified atom stereocenters. The van der Waals surface area contributed by atoms with Gasteiger partial charge in [-0.2, -0.15) is 0 Å². The van der Waals surface area contributed by atoms with Crippen LogP contribution in [0.2, 0.25) is 0 Å². The Hall–Kier alpha value is -3.86. The second-order valence-corrected chi connectivity index (χ2v) is 10.4. The van der Waals surface area contributed by atoms with Crippen molar-refractivity contribution in [2.24, 2.45) is 5.41 Å². The van der Waals surface area contributed by atoms with Crippen molar-refractivity contribution in [2.45, 2.75) is 40.7 Å². The number of hydrogen-bond donors (Lipinski definition) is 1. The Bertz CT molecular complexity index is 1370. The Kier molecular flexibility index (Phi) is 7.30. The molecule has 0 spiro atoms. The lowest BCUT2D eigenvalue weighted by Crippen LogP contribution is -2.34. The maximum atomic E-state index is 13.6. The van der Waals surface area contributed by atoms with Gasteiger partial charge in [-0.05, 0) is 76.4 Å². The molecule has 4 rings (SSSR count). The van der Waals surface area contributed by atoms with E-state index in [2.05, 4.69) is 73.5 Å². The van der Waals surface area contributed by atoms with E-state index in [0.717, 1.165) is 44.5 Å². The van der Waals surface area contributed by atoms with E-state index in [-0.39, 0.29) is 11.3 Å². The minimum atomic E-state index is -0.130. The SMILES string of the molecule is CNc1ccc2c(N(Cc3ccc(-c4ccc(OC)c(C)c4)cc3)C(=O)CC(C)(C)C)nccc2c1. The third kappa shape index (κ3) is 5.68. The normalized spacial score (nSPS) is 11.4. The number of aryl methyl sites for hydroxylation is 1. The van der Waals surface area contributed by atoms with Crippen molar-refractivity contribution < 1.29 is 9.53 Å². The molecule has 1 heterocycles. The van der Waals surface area contributed by atoms with Crippen LogP contribution in [0.15, 0.2) is 72.9 Å². The van der Waals surface area contributed by atoms with Gasteiger partial charge in [0, 0.05) is 30.7 Å². The van der Waals surface area contributed by atoms with Gasteiger partial charge in [-0.3, -0.25) is 9.69 Å². The van der Waals surface area contributed by atoms with E-state index < -0.39 is 0 Å². The van der Waals surface area contributed by atoms with E-state index in [1.807, 2.05) is 43.1 Å². The second kappa shape index (κ2) is 10.4. The number of carbonyl (C=O) groups excluding carboxylic acids is 1. The van der Waals surface area contributed by atoms with Crippen LogP contribution in [0.25, 0.3) is 21.9 Å². The van der Waals surface area contributed by atoms with Crippen molar-refractivity contribution in [3.63, 3.8) is 0 Å². The highest BCUT2D eigenvalue weighted by Gasteiger charge is 2.25. The number of nitrogens with zero attached hydrogens (tertiary/aromatic N) is 2. The molecule has 0 atom stereocenters. The highest BCUT2D eigenvalue weighted by Crippen LogP contribution is 2.31. The summed E-state index contributed by atoms with van der Waals surface area (Å²) in [4.78, 5) is 20.1. The molecule has 0 aliphatic carbocycles. The number of methoxy groups -OCH3 is 1. The number of aromatic nitrogens is 1. The lowest BCUT2D eigenvalue weighted by molar-refractivity contribution is -0.120. The molecule has 0 saturated heterocycles. The van der Waals surface area contributed by atoms with E-state index in [1.54, 1.807) is 13.3 Å². The number of hydrogen-bond acceptors (Lipinski definition) is 4. The molecule has 1 amide bonds. The first-order chi connectivity index (χ1) is 17.2. The molecule has 0 aliphatic heterocycles. The number of pyridine rings is 1. The van der Waals surface area contributed by atoms with Crippen LogP contribution in [-0.2, 0) is 11.3 Å². The lowest BCUT2D eigenvalue weighted by Gasteiger charge is -2.27. The summed E-state index contributed by atoms with van der Waals surface area (Å²) in [6, 6.07) is 22.7. The zero-order valence-electron chi connectivity index (χ0n) is 22.1. The quantitative estimate of drug-likeness (QED) is 0.302. The Labute approximate surface area is 214 Å². The Balaban J connectivity index is 1.68. The molecular formula is C31H35N3O2. The molecule has 4 aromatic rings. The second-order valence-electron chi connectivity index (χ2n) is 10.4. The average molecular weight is 482 g/mol. The molecule has 0 bridgehead atoms. The van der Waals surface area contributed by atoms with Crippen molar-refractivity contribution in [3.8, 4) is 16.9 Å². The van der Waals surface area contributed by atoms with E-state index in [1.165, 1.54) is 0 Å². The number of amides is 1. The van der Waals surface area contributed by atoms with E-state index in [0.29, 0.717) is 18.8 Å². The van der Waals surface area contributed by atoms with Gasteiger partial charge in [-0.15, -0.1) is 0 Å². The van der Waals surface area contributed by atoms with Crippen LogP contribution in [0.3, 0.4) is 0 Å². The predicted molar refractivity (Wildman–Crippen MR) is 150 cm³/mol. The number of benzene rings is 3. The monoisotopic (exact) mass is 481 g/mol. The van der Waals surface area contributed by atoms with Crippen molar-refractivity contribution >= 4 is 28.2 Å². The molecule has 0 fully saturated rings. The summed E-state index contributed by atoms with van der Waals surface area (Å²) in [6.45, 7) is 8.77. The van der Waals surface area contributed by atoms with E-state index in [9.17, 15) is 4.79 Å². The maximum Gasteiger partial charge on any atom is 0.229 e. The van der Waals surface area contributed by atoms with Gasteiger partial charge >= 0.3 is 0 Å². The smallest absolute Gasteiger partial charge is 0.229 e.